The summed E-state index contributed by atoms with van der Waals surface area (Å²) in [6.07, 6.45) is 0.476. The van der Waals surface area contributed by atoms with Crippen LogP contribution in [0.4, 0.5) is 4.79 Å². The fourth-order valence-electron chi connectivity index (χ4n) is 2.30. The van der Waals surface area contributed by atoms with Gasteiger partial charge in [-0.25, -0.2) is 4.79 Å². The van der Waals surface area contributed by atoms with Crippen molar-refractivity contribution in [2.45, 2.75) is 13.3 Å². The van der Waals surface area contributed by atoms with Crippen molar-refractivity contribution in [3.63, 3.8) is 0 Å². The van der Waals surface area contributed by atoms with Gasteiger partial charge in [-0.05, 0) is 31.5 Å². The lowest BCUT2D eigenvalue weighted by Gasteiger charge is -2.20. The average Bonchev–Trinajstić information content (AvgIpc) is 2.88. The number of hydrogen-bond acceptors (Lipinski definition) is 3. The molecule has 0 saturated carbocycles. The molecule has 22 heavy (non-hydrogen) atoms. The van der Waals surface area contributed by atoms with Crippen LogP contribution in [-0.4, -0.2) is 48.2 Å². The Hall–Kier alpha value is -1.76. The summed E-state index contributed by atoms with van der Waals surface area (Å²) in [4.78, 5) is 24.7. The largest absolute Gasteiger partial charge is 0.492 e. The summed E-state index contributed by atoms with van der Waals surface area (Å²) in [6.45, 7) is 3.08. The van der Waals surface area contributed by atoms with Crippen LogP contribution in [0.3, 0.4) is 0 Å². The first-order valence-corrected chi connectivity index (χ1v) is 7.84. The fourth-order valence-corrected chi connectivity index (χ4v) is 2.68. The van der Waals surface area contributed by atoms with Crippen molar-refractivity contribution < 1.29 is 19.4 Å². The van der Waals surface area contributed by atoms with Crippen molar-refractivity contribution in [1.82, 2.24) is 10.2 Å². The molecule has 1 aliphatic heterocycles. The third kappa shape index (κ3) is 4.13. The molecular formula is C15H19BrN2O4. The van der Waals surface area contributed by atoms with Gasteiger partial charge in [0, 0.05) is 17.6 Å². The summed E-state index contributed by atoms with van der Waals surface area (Å²) in [7, 11) is 0. The van der Waals surface area contributed by atoms with E-state index in [-0.39, 0.29) is 12.6 Å². The van der Waals surface area contributed by atoms with E-state index in [0.717, 1.165) is 10.2 Å². The normalized spacial score (nSPS) is 20.7. The summed E-state index contributed by atoms with van der Waals surface area (Å²) in [5.74, 6) is -0.135. The van der Waals surface area contributed by atoms with Gasteiger partial charge in [-0.15, -0.1) is 0 Å². The number of nitrogens with one attached hydrogen (secondary N) is 1. The van der Waals surface area contributed by atoms with Gasteiger partial charge < -0.3 is 20.1 Å². The molecule has 1 unspecified atom stereocenters. The van der Waals surface area contributed by atoms with Gasteiger partial charge in [-0.3, -0.25) is 4.79 Å². The Labute approximate surface area is 137 Å². The smallest absolute Gasteiger partial charge is 0.317 e. The monoisotopic (exact) mass is 370 g/mol. The third-order valence-corrected chi connectivity index (χ3v) is 4.21. The lowest BCUT2D eigenvalue weighted by Crippen LogP contribution is -2.42. The van der Waals surface area contributed by atoms with Crippen LogP contribution in [0.5, 0.6) is 5.75 Å². The number of nitrogens with zero attached hydrogens (tertiary/aromatic N) is 1. The quantitative estimate of drug-likeness (QED) is 0.779. The number of likely N-dealkylation sites (tertiary alicyclic amines) is 1. The van der Waals surface area contributed by atoms with E-state index in [0.29, 0.717) is 26.1 Å². The van der Waals surface area contributed by atoms with Crippen LogP contribution >= 0.6 is 15.9 Å². The number of carbonyl (C=O) groups is 2. The second-order valence-electron chi connectivity index (χ2n) is 5.58. The van der Waals surface area contributed by atoms with Crippen molar-refractivity contribution in [2.24, 2.45) is 5.41 Å². The topological polar surface area (TPSA) is 78.9 Å². The van der Waals surface area contributed by atoms with Crippen LogP contribution in [0.15, 0.2) is 28.7 Å². The Balaban J connectivity index is 1.71. The molecular weight excluding hydrogens is 352 g/mol. The number of ether oxygens (including phenoxy) is 1. The predicted molar refractivity (Wildman–Crippen MR) is 85.0 cm³/mol. The number of rotatable bonds is 5. The molecule has 2 amide bonds. The minimum absolute atomic E-state index is 0.237. The van der Waals surface area contributed by atoms with Crippen molar-refractivity contribution in [3.8, 4) is 5.75 Å². The number of amides is 2. The van der Waals surface area contributed by atoms with E-state index in [1.807, 2.05) is 24.3 Å². The van der Waals surface area contributed by atoms with Gasteiger partial charge >= 0.3 is 12.0 Å². The van der Waals surface area contributed by atoms with Crippen LogP contribution in [0.2, 0.25) is 0 Å². The van der Waals surface area contributed by atoms with Crippen molar-refractivity contribution in [2.75, 3.05) is 26.2 Å². The zero-order valence-corrected chi connectivity index (χ0v) is 13.9. The number of aliphatic carboxylic acids is 1. The molecule has 1 aliphatic rings. The second-order valence-corrected chi connectivity index (χ2v) is 6.49. The highest BCUT2D eigenvalue weighted by molar-refractivity contribution is 9.10. The molecule has 120 valence electrons. The van der Waals surface area contributed by atoms with Crippen LogP contribution in [-0.2, 0) is 4.79 Å². The Kier molecular flexibility index (Phi) is 5.28. The highest BCUT2D eigenvalue weighted by Gasteiger charge is 2.42. The molecule has 6 nitrogen and oxygen atoms in total. The Morgan fingerprint density at radius 2 is 2.27 bits per heavy atom. The van der Waals surface area contributed by atoms with Gasteiger partial charge in [0.15, 0.2) is 0 Å². The molecule has 2 rings (SSSR count). The van der Waals surface area contributed by atoms with E-state index in [1.54, 1.807) is 6.92 Å². The predicted octanol–water partition coefficient (Wildman–Crippen LogP) is 2.33. The van der Waals surface area contributed by atoms with E-state index < -0.39 is 11.4 Å². The molecule has 0 bridgehead atoms. The number of hydrogen-bond donors (Lipinski definition) is 2. The first kappa shape index (κ1) is 16.6. The summed E-state index contributed by atoms with van der Waals surface area (Å²) < 4.78 is 6.45. The Morgan fingerprint density at radius 1 is 1.50 bits per heavy atom. The zero-order chi connectivity index (χ0) is 16.2. The molecule has 1 aromatic carbocycles. The van der Waals surface area contributed by atoms with E-state index in [1.165, 1.54) is 4.90 Å². The lowest BCUT2D eigenvalue weighted by atomic mass is 9.90. The van der Waals surface area contributed by atoms with Crippen molar-refractivity contribution in [1.29, 1.82) is 0 Å². The molecule has 2 N–H and O–H groups in total. The van der Waals surface area contributed by atoms with Crippen molar-refractivity contribution >= 4 is 27.9 Å². The summed E-state index contributed by atoms with van der Waals surface area (Å²) >= 11 is 3.36. The number of halogens is 1. The molecule has 1 aromatic rings. The molecule has 7 heteroatoms. The second kappa shape index (κ2) is 7.00. The maximum Gasteiger partial charge on any atom is 0.317 e. The molecule has 0 aliphatic carbocycles. The maximum atomic E-state index is 12.0. The first-order valence-electron chi connectivity index (χ1n) is 7.05. The zero-order valence-electron chi connectivity index (χ0n) is 12.3. The maximum absolute atomic E-state index is 12.0. The molecule has 1 fully saturated rings. The molecule has 1 saturated heterocycles. The average molecular weight is 371 g/mol. The minimum atomic E-state index is -0.860. The third-order valence-electron chi connectivity index (χ3n) is 3.72. The lowest BCUT2D eigenvalue weighted by molar-refractivity contribution is -0.147. The summed E-state index contributed by atoms with van der Waals surface area (Å²) in [5, 5.41) is 11.9. The minimum Gasteiger partial charge on any atom is -0.492 e. The van der Waals surface area contributed by atoms with Gasteiger partial charge in [0.05, 0.1) is 12.0 Å². The molecule has 1 heterocycles. The van der Waals surface area contributed by atoms with Crippen molar-refractivity contribution in [3.05, 3.63) is 28.7 Å². The number of carbonyl (C=O) groups excluding carboxylic acids is 1. The summed E-state index contributed by atoms with van der Waals surface area (Å²) in [6, 6.07) is 7.21. The van der Waals surface area contributed by atoms with Crippen LogP contribution < -0.4 is 10.1 Å². The van der Waals surface area contributed by atoms with E-state index >= 15 is 0 Å². The molecule has 1 atom stereocenters. The van der Waals surface area contributed by atoms with E-state index in [9.17, 15) is 9.59 Å². The van der Waals surface area contributed by atoms with Crippen LogP contribution in [0.1, 0.15) is 13.3 Å². The number of urea groups is 1. The molecule has 0 spiro atoms. The fraction of sp³-hybridized carbons (Fsp3) is 0.467. The number of carboxylic acids is 1. The van der Waals surface area contributed by atoms with E-state index in [2.05, 4.69) is 21.2 Å². The van der Waals surface area contributed by atoms with Gasteiger partial charge in [0.25, 0.3) is 0 Å². The number of benzene rings is 1. The van der Waals surface area contributed by atoms with Crippen LogP contribution in [0.25, 0.3) is 0 Å². The standard InChI is InChI=1S/C15H19BrN2O4/c1-15(13(19)20)5-7-18(10-15)14(21)17-6-8-22-12-4-2-3-11(16)9-12/h2-4,9H,5-8,10H2,1H3,(H,17,21)(H,19,20). The van der Waals surface area contributed by atoms with Gasteiger partial charge in [0.2, 0.25) is 0 Å². The van der Waals surface area contributed by atoms with Gasteiger partial charge in [-0.2, -0.15) is 0 Å². The highest BCUT2D eigenvalue weighted by Crippen LogP contribution is 2.29. The number of carboxylic acid groups (broad SMARTS) is 1. The Bertz CT molecular complexity index is 566. The molecule has 0 radical (unpaired) electrons. The first-order chi connectivity index (χ1) is 10.4. The van der Waals surface area contributed by atoms with Gasteiger partial charge in [0.1, 0.15) is 12.4 Å². The SMILES string of the molecule is CC1(C(=O)O)CCN(C(=O)NCCOc2cccc(Br)c2)C1. The van der Waals surface area contributed by atoms with E-state index in [4.69, 9.17) is 9.84 Å². The Morgan fingerprint density at radius 3 is 2.91 bits per heavy atom. The van der Waals surface area contributed by atoms with Crippen LogP contribution in [0, 0.1) is 5.41 Å². The summed E-state index contributed by atoms with van der Waals surface area (Å²) in [5.41, 5.74) is -0.843. The van der Waals surface area contributed by atoms with Gasteiger partial charge in [-0.1, -0.05) is 22.0 Å². The molecule has 0 aromatic heterocycles. The highest BCUT2D eigenvalue weighted by atomic mass is 79.9.